The number of halogens is 2. The van der Waals surface area contributed by atoms with Crippen LogP contribution in [0.3, 0.4) is 0 Å². The number of allylic oxidation sites excluding steroid dienone is 4. The van der Waals surface area contributed by atoms with E-state index < -0.39 is 0 Å². The number of phenolic OH excluding ortho intramolecular Hbond substituents is 1. The van der Waals surface area contributed by atoms with Gasteiger partial charge in [0.1, 0.15) is 5.75 Å². The van der Waals surface area contributed by atoms with Crippen LogP contribution in [0.15, 0.2) is 41.5 Å². The van der Waals surface area contributed by atoms with Crippen LogP contribution in [0.5, 0.6) is 5.75 Å². The van der Waals surface area contributed by atoms with Gasteiger partial charge in [-0.2, -0.15) is 0 Å². The van der Waals surface area contributed by atoms with Crippen molar-refractivity contribution in [3.63, 3.8) is 0 Å². The van der Waals surface area contributed by atoms with Crippen LogP contribution < -0.4 is 5.32 Å². The molecule has 6 heteroatoms. The van der Waals surface area contributed by atoms with Gasteiger partial charge in [0.05, 0.1) is 11.1 Å². The minimum Gasteiger partial charge on any atom is -0.506 e. The van der Waals surface area contributed by atoms with Crippen LogP contribution in [0.4, 0.5) is 0 Å². The van der Waals surface area contributed by atoms with Gasteiger partial charge in [-0.05, 0) is 60.8 Å². The third-order valence-electron chi connectivity index (χ3n) is 6.01. The molecule has 2 N–H and O–H groups in total. The molecule has 2 aliphatic rings. The van der Waals surface area contributed by atoms with Gasteiger partial charge in [-0.3, -0.25) is 4.79 Å². The first kappa shape index (κ1) is 22.2. The van der Waals surface area contributed by atoms with E-state index in [1.165, 1.54) is 0 Å². The summed E-state index contributed by atoms with van der Waals surface area (Å²) in [6.45, 7) is 6.24. The summed E-state index contributed by atoms with van der Waals surface area (Å²) in [6.07, 6.45) is 9.38. The molecule has 29 heavy (non-hydrogen) atoms. The van der Waals surface area contributed by atoms with Gasteiger partial charge in [0.15, 0.2) is 0 Å². The quantitative estimate of drug-likeness (QED) is 0.651. The SMILES string of the molecule is CC(C)[C@@H](NCc1ccc(Cl)c(O)c1)C(=O)N1CCC(C2C=CC(Cl)=CC2)CC1. The lowest BCUT2D eigenvalue weighted by atomic mass is 9.80. The van der Waals surface area contributed by atoms with Gasteiger partial charge in [0.25, 0.3) is 0 Å². The van der Waals surface area contributed by atoms with Crippen molar-refractivity contribution in [3.8, 4) is 5.75 Å². The first-order valence-corrected chi connectivity index (χ1v) is 11.1. The van der Waals surface area contributed by atoms with Crippen LogP contribution in [0, 0.1) is 17.8 Å². The van der Waals surface area contributed by atoms with Crippen molar-refractivity contribution in [3.05, 3.63) is 52.0 Å². The third-order valence-corrected chi connectivity index (χ3v) is 6.61. The Morgan fingerprint density at radius 1 is 1.28 bits per heavy atom. The number of hydrogen-bond acceptors (Lipinski definition) is 3. The molecule has 0 bridgehead atoms. The van der Waals surface area contributed by atoms with Crippen molar-refractivity contribution in [2.24, 2.45) is 17.8 Å². The Morgan fingerprint density at radius 2 is 2.00 bits per heavy atom. The topological polar surface area (TPSA) is 52.6 Å². The fraction of sp³-hybridized carbons (Fsp3) is 0.522. The summed E-state index contributed by atoms with van der Waals surface area (Å²) in [5.41, 5.74) is 0.903. The Hall–Kier alpha value is -1.49. The predicted molar refractivity (Wildman–Crippen MR) is 119 cm³/mol. The summed E-state index contributed by atoms with van der Waals surface area (Å²) in [5, 5.41) is 14.3. The lowest BCUT2D eigenvalue weighted by molar-refractivity contribution is -0.136. The van der Waals surface area contributed by atoms with E-state index in [1.54, 1.807) is 12.1 Å². The zero-order chi connectivity index (χ0) is 21.0. The summed E-state index contributed by atoms with van der Waals surface area (Å²) in [5.74, 6) is 1.55. The fourth-order valence-electron chi connectivity index (χ4n) is 4.21. The summed E-state index contributed by atoms with van der Waals surface area (Å²) < 4.78 is 0. The van der Waals surface area contributed by atoms with Crippen molar-refractivity contribution in [1.82, 2.24) is 10.2 Å². The fourth-order valence-corrected chi connectivity index (χ4v) is 4.49. The molecular formula is C23H30Cl2N2O2. The number of aromatic hydroxyl groups is 1. The summed E-state index contributed by atoms with van der Waals surface area (Å²) >= 11 is 11.9. The molecule has 158 valence electrons. The molecule has 3 rings (SSSR count). The van der Waals surface area contributed by atoms with E-state index in [1.807, 2.05) is 17.0 Å². The lowest BCUT2D eigenvalue weighted by Gasteiger charge is -2.38. The van der Waals surface area contributed by atoms with Crippen molar-refractivity contribution >= 4 is 29.1 Å². The number of benzene rings is 1. The molecule has 1 fully saturated rings. The second-order valence-electron chi connectivity index (χ2n) is 8.40. The third kappa shape index (κ3) is 5.78. The number of rotatable bonds is 6. The average Bonchev–Trinajstić information content (AvgIpc) is 2.71. The molecule has 1 aromatic rings. The highest BCUT2D eigenvalue weighted by molar-refractivity contribution is 6.32. The number of carbonyl (C=O) groups excluding carboxylic acids is 1. The Balaban J connectivity index is 1.54. The van der Waals surface area contributed by atoms with E-state index in [-0.39, 0.29) is 23.6 Å². The van der Waals surface area contributed by atoms with Crippen LogP contribution in [0.1, 0.15) is 38.7 Å². The minimum atomic E-state index is -0.249. The Bertz CT molecular complexity index is 783. The number of amides is 1. The smallest absolute Gasteiger partial charge is 0.239 e. The van der Waals surface area contributed by atoms with Crippen LogP contribution in [-0.2, 0) is 11.3 Å². The van der Waals surface area contributed by atoms with E-state index in [0.29, 0.717) is 23.4 Å². The molecular weight excluding hydrogens is 407 g/mol. The first-order chi connectivity index (χ1) is 13.8. The molecule has 1 aliphatic heterocycles. The molecule has 4 nitrogen and oxygen atoms in total. The molecule has 1 aromatic carbocycles. The van der Waals surface area contributed by atoms with Gasteiger partial charge in [-0.15, -0.1) is 0 Å². The molecule has 0 radical (unpaired) electrons. The number of nitrogens with zero attached hydrogens (tertiary/aromatic N) is 1. The number of hydrogen-bond donors (Lipinski definition) is 2. The molecule has 1 aliphatic carbocycles. The highest BCUT2D eigenvalue weighted by Gasteiger charge is 2.32. The van der Waals surface area contributed by atoms with Gasteiger partial charge in [0.2, 0.25) is 5.91 Å². The maximum absolute atomic E-state index is 13.2. The summed E-state index contributed by atoms with van der Waals surface area (Å²) in [6, 6.07) is 4.93. The number of likely N-dealkylation sites (tertiary alicyclic amines) is 1. The van der Waals surface area contributed by atoms with Gasteiger partial charge in [-0.1, -0.05) is 55.3 Å². The van der Waals surface area contributed by atoms with E-state index in [0.717, 1.165) is 42.9 Å². The molecule has 1 heterocycles. The number of nitrogens with one attached hydrogen (secondary N) is 1. The van der Waals surface area contributed by atoms with Crippen molar-refractivity contribution < 1.29 is 9.90 Å². The molecule has 1 unspecified atom stereocenters. The molecule has 1 saturated heterocycles. The molecule has 1 amide bonds. The van der Waals surface area contributed by atoms with E-state index in [9.17, 15) is 9.90 Å². The van der Waals surface area contributed by atoms with E-state index in [4.69, 9.17) is 23.2 Å². The molecule has 0 spiro atoms. The van der Waals surface area contributed by atoms with E-state index in [2.05, 4.69) is 31.3 Å². The molecule has 2 atom stereocenters. The lowest BCUT2D eigenvalue weighted by Crippen LogP contribution is -2.51. The standard InChI is InChI=1S/C23H30Cl2N2O2/c1-15(2)22(26-14-16-3-8-20(25)21(28)13-16)23(29)27-11-9-18(10-12-27)17-4-6-19(24)7-5-17/h3-4,6-8,13,15,17-18,22,26,28H,5,9-12,14H2,1-2H3/t17?,22-/m1/s1. The van der Waals surface area contributed by atoms with Gasteiger partial charge >= 0.3 is 0 Å². The van der Waals surface area contributed by atoms with Crippen molar-refractivity contribution in [2.45, 2.75) is 45.7 Å². The monoisotopic (exact) mass is 436 g/mol. The maximum atomic E-state index is 13.2. The maximum Gasteiger partial charge on any atom is 0.239 e. The van der Waals surface area contributed by atoms with Crippen molar-refractivity contribution in [1.29, 1.82) is 0 Å². The minimum absolute atomic E-state index is 0.0633. The zero-order valence-electron chi connectivity index (χ0n) is 17.1. The number of carbonyl (C=O) groups is 1. The molecule has 0 saturated carbocycles. The van der Waals surface area contributed by atoms with Crippen LogP contribution in [0.25, 0.3) is 0 Å². The van der Waals surface area contributed by atoms with Crippen LogP contribution >= 0.6 is 23.2 Å². The summed E-state index contributed by atoms with van der Waals surface area (Å²) in [4.78, 5) is 15.2. The average molecular weight is 437 g/mol. The second-order valence-corrected chi connectivity index (χ2v) is 9.24. The second kappa shape index (κ2) is 10.0. The Labute approximate surface area is 183 Å². The highest BCUT2D eigenvalue weighted by atomic mass is 35.5. The van der Waals surface area contributed by atoms with Gasteiger partial charge in [0, 0.05) is 24.7 Å². The Kier molecular flexibility index (Phi) is 7.66. The number of piperidine rings is 1. The van der Waals surface area contributed by atoms with E-state index >= 15 is 0 Å². The van der Waals surface area contributed by atoms with Crippen LogP contribution in [0.2, 0.25) is 5.02 Å². The largest absolute Gasteiger partial charge is 0.506 e. The van der Waals surface area contributed by atoms with Gasteiger partial charge in [-0.25, -0.2) is 0 Å². The predicted octanol–water partition coefficient (Wildman–Crippen LogP) is 5.10. The van der Waals surface area contributed by atoms with Gasteiger partial charge < -0.3 is 15.3 Å². The Morgan fingerprint density at radius 3 is 2.59 bits per heavy atom. The van der Waals surface area contributed by atoms with Crippen molar-refractivity contribution in [2.75, 3.05) is 13.1 Å². The number of phenols is 1. The normalized spacial score (nSPS) is 21.3. The zero-order valence-corrected chi connectivity index (χ0v) is 18.6. The summed E-state index contributed by atoms with van der Waals surface area (Å²) in [7, 11) is 0. The highest BCUT2D eigenvalue weighted by Crippen LogP contribution is 2.32. The molecule has 0 aromatic heterocycles. The van der Waals surface area contributed by atoms with Crippen LogP contribution in [-0.4, -0.2) is 35.0 Å². The first-order valence-electron chi connectivity index (χ1n) is 10.4.